The van der Waals surface area contributed by atoms with Gasteiger partial charge in [-0.2, -0.15) is 0 Å². The minimum absolute atomic E-state index is 0.148. The summed E-state index contributed by atoms with van der Waals surface area (Å²) in [4.78, 5) is 14.5. The normalized spacial score (nSPS) is 14.0. The van der Waals surface area contributed by atoms with Crippen molar-refractivity contribution in [2.45, 2.75) is 26.4 Å². The van der Waals surface area contributed by atoms with Gasteiger partial charge in [0.25, 0.3) is 5.91 Å². The molecule has 2 aromatic carbocycles. The lowest BCUT2D eigenvalue weighted by Gasteiger charge is -2.21. The number of carbonyl (C=O) groups excluding carboxylic acids is 1. The Hall–Kier alpha value is -2.62. The van der Waals surface area contributed by atoms with Crippen molar-refractivity contribution in [3.8, 4) is 0 Å². The van der Waals surface area contributed by atoms with Gasteiger partial charge in [-0.25, -0.2) is 4.39 Å². The highest BCUT2D eigenvalue weighted by Gasteiger charge is 2.24. The van der Waals surface area contributed by atoms with Crippen molar-refractivity contribution in [2.24, 2.45) is 0 Å². The van der Waals surface area contributed by atoms with E-state index in [0.717, 1.165) is 18.5 Å². The summed E-state index contributed by atoms with van der Waals surface area (Å²) in [5.41, 5.74) is 3.77. The van der Waals surface area contributed by atoms with Gasteiger partial charge in [-0.15, -0.1) is 0 Å². The van der Waals surface area contributed by atoms with Crippen molar-refractivity contribution in [1.82, 2.24) is 9.47 Å². The maximum absolute atomic E-state index is 14.0. The number of aryl methyl sites for hydroxylation is 1. The first-order valence-electron chi connectivity index (χ1n) is 8.32. The fourth-order valence-corrected chi connectivity index (χ4v) is 3.62. The van der Waals surface area contributed by atoms with E-state index in [1.54, 1.807) is 23.1 Å². The topological polar surface area (TPSA) is 25.2 Å². The molecule has 3 nitrogen and oxygen atoms in total. The van der Waals surface area contributed by atoms with Gasteiger partial charge >= 0.3 is 0 Å². The number of aromatic nitrogens is 1. The van der Waals surface area contributed by atoms with Crippen molar-refractivity contribution < 1.29 is 9.18 Å². The van der Waals surface area contributed by atoms with Crippen LogP contribution >= 0.6 is 0 Å². The number of carbonyl (C=O) groups is 1. The molecule has 0 saturated carbocycles. The third-order valence-electron chi connectivity index (χ3n) is 4.82. The van der Waals surface area contributed by atoms with E-state index in [1.165, 1.54) is 22.5 Å². The van der Waals surface area contributed by atoms with Gasteiger partial charge < -0.3 is 9.47 Å². The zero-order valence-corrected chi connectivity index (χ0v) is 13.6. The second kappa shape index (κ2) is 5.78. The van der Waals surface area contributed by atoms with Gasteiger partial charge in [0.1, 0.15) is 5.82 Å². The number of hydrogen-bond acceptors (Lipinski definition) is 1. The fourth-order valence-electron chi connectivity index (χ4n) is 3.62. The molecule has 1 aliphatic rings. The van der Waals surface area contributed by atoms with Gasteiger partial charge in [-0.3, -0.25) is 4.79 Å². The average molecular weight is 322 g/mol. The summed E-state index contributed by atoms with van der Waals surface area (Å²) < 4.78 is 16.2. The van der Waals surface area contributed by atoms with Crippen molar-refractivity contribution in [2.75, 3.05) is 6.54 Å². The Morgan fingerprint density at radius 3 is 2.75 bits per heavy atom. The second-order valence-corrected chi connectivity index (χ2v) is 6.21. The molecule has 4 rings (SSSR count). The molecule has 24 heavy (non-hydrogen) atoms. The quantitative estimate of drug-likeness (QED) is 0.700. The SMILES string of the molecule is CCn1cc2c3c(cccc31)CN(C(=O)c1ccccc1F)CC2. The number of halogens is 1. The summed E-state index contributed by atoms with van der Waals surface area (Å²) in [6, 6.07) is 12.4. The van der Waals surface area contributed by atoms with Crippen LogP contribution in [-0.4, -0.2) is 21.9 Å². The molecular weight excluding hydrogens is 303 g/mol. The Morgan fingerprint density at radius 2 is 1.96 bits per heavy atom. The Kier molecular flexibility index (Phi) is 3.60. The highest BCUT2D eigenvalue weighted by Crippen LogP contribution is 2.30. The smallest absolute Gasteiger partial charge is 0.257 e. The molecule has 2 heterocycles. The van der Waals surface area contributed by atoms with E-state index >= 15 is 0 Å². The van der Waals surface area contributed by atoms with Crippen LogP contribution in [0.2, 0.25) is 0 Å². The molecule has 0 radical (unpaired) electrons. The van der Waals surface area contributed by atoms with E-state index in [0.29, 0.717) is 13.1 Å². The molecule has 3 aromatic rings. The van der Waals surface area contributed by atoms with E-state index in [4.69, 9.17) is 0 Å². The predicted molar refractivity (Wildman–Crippen MR) is 92.5 cm³/mol. The van der Waals surface area contributed by atoms with E-state index < -0.39 is 5.82 Å². The lowest BCUT2D eigenvalue weighted by atomic mass is 10.1. The van der Waals surface area contributed by atoms with Crippen LogP contribution in [0.3, 0.4) is 0 Å². The van der Waals surface area contributed by atoms with Crippen molar-refractivity contribution in [3.05, 3.63) is 71.2 Å². The lowest BCUT2D eigenvalue weighted by molar-refractivity contribution is 0.0743. The zero-order valence-electron chi connectivity index (χ0n) is 13.6. The van der Waals surface area contributed by atoms with Crippen molar-refractivity contribution in [1.29, 1.82) is 0 Å². The maximum Gasteiger partial charge on any atom is 0.257 e. The number of hydrogen-bond donors (Lipinski definition) is 0. The van der Waals surface area contributed by atoms with Gasteiger partial charge in [0, 0.05) is 36.7 Å². The molecule has 1 aromatic heterocycles. The standard InChI is InChI=1S/C20H19FN2O/c1-2-22-12-15-10-11-23(13-14-6-5-9-18(22)19(14)15)20(24)16-7-3-4-8-17(16)21/h3-9,12H,2,10-11,13H2,1H3. The second-order valence-electron chi connectivity index (χ2n) is 6.21. The summed E-state index contributed by atoms with van der Waals surface area (Å²) in [6.45, 7) is 4.18. The average Bonchev–Trinajstić information content (AvgIpc) is 2.86. The van der Waals surface area contributed by atoms with Crippen LogP contribution in [-0.2, 0) is 19.5 Å². The van der Waals surface area contributed by atoms with Crippen LogP contribution in [0.4, 0.5) is 4.39 Å². The molecule has 0 aliphatic carbocycles. The van der Waals surface area contributed by atoms with Gasteiger partial charge in [-0.05, 0) is 42.7 Å². The van der Waals surface area contributed by atoms with Crippen LogP contribution < -0.4 is 0 Å². The third-order valence-corrected chi connectivity index (χ3v) is 4.82. The van der Waals surface area contributed by atoms with Gasteiger partial charge in [-0.1, -0.05) is 24.3 Å². The zero-order chi connectivity index (χ0) is 16.7. The van der Waals surface area contributed by atoms with Crippen LogP contribution in [0.15, 0.2) is 48.7 Å². The number of benzene rings is 2. The van der Waals surface area contributed by atoms with Crippen molar-refractivity contribution in [3.63, 3.8) is 0 Å². The molecule has 4 heteroatoms. The molecule has 0 unspecified atom stereocenters. The van der Waals surface area contributed by atoms with E-state index in [2.05, 4.69) is 29.8 Å². The van der Waals surface area contributed by atoms with Crippen LogP contribution in [0.1, 0.15) is 28.4 Å². The minimum Gasteiger partial charge on any atom is -0.347 e. The van der Waals surface area contributed by atoms with Gasteiger partial charge in [0.15, 0.2) is 0 Å². The first-order valence-corrected chi connectivity index (χ1v) is 8.32. The highest BCUT2D eigenvalue weighted by molar-refractivity contribution is 5.95. The maximum atomic E-state index is 14.0. The van der Waals surface area contributed by atoms with E-state index in [1.807, 2.05) is 6.07 Å². The molecule has 0 fully saturated rings. The predicted octanol–water partition coefficient (Wildman–Crippen LogP) is 4.00. The number of nitrogens with zero attached hydrogens (tertiary/aromatic N) is 2. The molecule has 0 saturated heterocycles. The van der Waals surface area contributed by atoms with Crippen LogP contribution in [0.5, 0.6) is 0 Å². The van der Waals surface area contributed by atoms with E-state index in [-0.39, 0.29) is 11.5 Å². The molecule has 1 aliphatic heterocycles. The third kappa shape index (κ3) is 2.30. The van der Waals surface area contributed by atoms with Crippen molar-refractivity contribution >= 4 is 16.8 Å². The monoisotopic (exact) mass is 322 g/mol. The van der Waals surface area contributed by atoms with Gasteiger partial charge in [0.2, 0.25) is 0 Å². The molecule has 0 bridgehead atoms. The Balaban J connectivity index is 1.74. The summed E-state index contributed by atoms with van der Waals surface area (Å²) in [6.07, 6.45) is 2.98. The molecule has 1 amide bonds. The summed E-state index contributed by atoms with van der Waals surface area (Å²) >= 11 is 0. The van der Waals surface area contributed by atoms with Crippen LogP contribution in [0, 0.1) is 5.82 Å². The summed E-state index contributed by atoms with van der Waals surface area (Å²) in [5.74, 6) is -0.695. The first kappa shape index (κ1) is 14.9. The number of amides is 1. The number of rotatable bonds is 2. The largest absolute Gasteiger partial charge is 0.347 e. The molecule has 0 spiro atoms. The summed E-state index contributed by atoms with van der Waals surface area (Å²) in [5, 5.41) is 1.25. The first-order chi connectivity index (χ1) is 11.7. The Labute approximate surface area is 140 Å². The van der Waals surface area contributed by atoms with Crippen LogP contribution in [0.25, 0.3) is 10.9 Å². The molecular formula is C20H19FN2O. The molecule has 0 atom stereocenters. The highest BCUT2D eigenvalue weighted by atomic mass is 19.1. The fraction of sp³-hybridized carbons (Fsp3) is 0.250. The van der Waals surface area contributed by atoms with Gasteiger partial charge in [0.05, 0.1) is 5.56 Å². The molecule has 122 valence electrons. The van der Waals surface area contributed by atoms with E-state index in [9.17, 15) is 9.18 Å². The Morgan fingerprint density at radius 1 is 1.12 bits per heavy atom. The minimum atomic E-state index is -0.458. The Bertz CT molecular complexity index is 929. The molecule has 0 N–H and O–H groups in total. The summed E-state index contributed by atoms with van der Waals surface area (Å²) in [7, 11) is 0. The lowest BCUT2D eigenvalue weighted by Crippen LogP contribution is -2.32.